The molecule has 0 saturated carbocycles. The third kappa shape index (κ3) is 4.37. The second-order valence-electron chi connectivity index (χ2n) is 3.83. The summed E-state index contributed by atoms with van der Waals surface area (Å²) in [4.78, 5) is 8.51. The highest BCUT2D eigenvalue weighted by Gasteiger charge is 2.09. The van der Waals surface area contributed by atoms with E-state index in [9.17, 15) is 4.21 Å². The molecule has 0 bridgehead atoms. The van der Waals surface area contributed by atoms with Gasteiger partial charge in [0.2, 0.25) is 0 Å². The molecule has 0 aliphatic carbocycles. The maximum Gasteiger partial charge on any atom is 0.0782 e. The van der Waals surface area contributed by atoms with Crippen LogP contribution in [0.4, 0.5) is 0 Å². The van der Waals surface area contributed by atoms with Gasteiger partial charge in [-0.3, -0.25) is 14.2 Å². The van der Waals surface area contributed by atoms with Crippen LogP contribution in [-0.4, -0.2) is 32.7 Å². The SMILES string of the molecule is Cc1nccnc1C(C)NCCCS(C)=O. The van der Waals surface area contributed by atoms with Crippen molar-refractivity contribution in [3.05, 3.63) is 23.8 Å². The number of rotatable bonds is 6. The third-order valence-electron chi connectivity index (χ3n) is 2.39. The summed E-state index contributed by atoms with van der Waals surface area (Å²) < 4.78 is 10.9. The third-order valence-corrected chi connectivity index (χ3v) is 3.25. The lowest BCUT2D eigenvalue weighted by molar-refractivity contribution is 0.553. The van der Waals surface area contributed by atoms with E-state index < -0.39 is 10.8 Å². The molecular formula is C11H19N3OS. The Morgan fingerprint density at radius 1 is 1.44 bits per heavy atom. The summed E-state index contributed by atoms with van der Waals surface area (Å²) in [6.07, 6.45) is 6.07. The van der Waals surface area contributed by atoms with Crippen LogP contribution >= 0.6 is 0 Å². The van der Waals surface area contributed by atoms with Crippen LogP contribution in [0.5, 0.6) is 0 Å². The largest absolute Gasteiger partial charge is 0.309 e. The molecule has 90 valence electrons. The molecule has 2 unspecified atom stereocenters. The van der Waals surface area contributed by atoms with Crippen LogP contribution < -0.4 is 5.32 Å². The monoisotopic (exact) mass is 241 g/mol. The Hall–Kier alpha value is -0.810. The molecule has 4 nitrogen and oxygen atoms in total. The number of aromatic nitrogens is 2. The molecule has 0 fully saturated rings. The van der Waals surface area contributed by atoms with Crippen molar-refractivity contribution in [3.8, 4) is 0 Å². The standard InChI is InChI=1S/C11H19N3OS/c1-9(12-5-4-8-16(3)15)11-10(2)13-6-7-14-11/h6-7,9,12H,4-5,8H2,1-3H3. The van der Waals surface area contributed by atoms with Gasteiger partial charge in [0.1, 0.15) is 0 Å². The van der Waals surface area contributed by atoms with Crippen molar-refractivity contribution >= 4 is 10.8 Å². The predicted molar refractivity (Wildman–Crippen MR) is 66.7 cm³/mol. The summed E-state index contributed by atoms with van der Waals surface area (Å²) in [5.74, 6) is 0.749. The molecule has 1 aromatic heterocycles. The average Bonchev–Trinajstić information content (AvgIpc) is 2.24. The molecule has 0 saturated heterocycles. The van der Waals surface area contributed by atoms with Crippen LogP contribution in [-0.2, 0) is 10.8 Å². The van der Waals surface area contributed by atoms with Crippen LogP contribution in [0.2, 0.25) is 0 Å². The van der Waals surface area contributed by atoms with Gasteiger partial charge < -0.3 is 5.32 Å². The van der Waals surface area contributed by atoms with Crippen molar-refractivity contribution < 1.29 is 4.21 Å². The van der Waals surface area contributed by atoms with Gasteiger partial charge in [-0.15, -0.1) is 0 Å². The van der Waals surface area contributed by atoms with Gasteiger partial charge in [-0.2, -0.15) is 0 Å². The maximum absolute atomic E-state index is 10.9. The molecule has 2 atom stereocenters. The topological polar surface area (TPSA) is 54.9 Å². The zero-order valence-electron chi connectivity index (χ0n) is 10.1. The summed E-state index contributed by atoms with van der Waals surface area (Å²) in [6, 6.07) is 0.194. The van der Waals surface area contributed by atoms with Crippen molar-refractivity contribution in [1.29, 1.82) is 0 Å². The molecule has 0 amide bonds. The van der Waals surface area contributed by atoms with Crippen LogP contribution in [0.25, 0.3) is 0 Å². The van der Waals surface area contributed by atoms with Crippen molar-refractivity contribution in [2.45, 2.75) is 26.3 Å². The minimum Gasteiger partial charge on any atom is -0.309 e. The van der Waals surface area contributed by atoms with Crippen LogP contribution in [0.3, 0.4) is 0 Å². The molecule has 1 rings (SSSR count). The number of nitrogens with zero attached hydrogens (tertiary/aromatic N) is 2. The Morgan fingerprint density at radius 3 is 2.75 bits per heavy atom. The molecular weight excluding hydrogens is 222 g/mol. The number of aryl methyl sites for hydroxylation is 1. The molecule has 0 aliphatic rings. The summed E-state index contributed by atoms with van der Waals surface area (Å²) >= 11 is 0. The van der Waals surface area contributed by atoms with Gasteiger partial charge in [-0.05, 0) is 26.8 Å². The van der Waals surface area contributed by atoms with Crippen LogP contribution in [0, 0.1) is 6.92 Å². The van der Waals surface area contributed by atoms with Gasteiger partial charge in [0.15, 0.2) is 0 Å². The molecule has 1 N–H and O–H groups in total. The van der Waals surface area contributed by atoms with Gasteiger partial charge in [0.25, 0.3) is 0 Å². The maximum atomic E-state index is 10.9. The van der Waals surface area contributed by atoms with Gasteiger partial charge in [0.05, 0.1) is 11.4 Å². The van der Waals surface area contributed by atoms with E-state index in [2.05, 4.69) is 22.2 Å². The number of hydrogen-bond acceptors (Lipinski definition) is 4. The highest BCUT2D eigenvalue weighted by Crippen LogP contribution is 2.11. The van der Waals surface area contributed by atoms with Crippen molar-refractivity contribution in [2.24, 2.45) is 0 Å². The fourth-order valence-corrected chi connectivity index (χ4v) is 2.08. The second kappa shape index (κ2) is 6.70. The first kappa shape index (κ1) is 13.3. The lowest BCUT2D eigenvalue weighted by Gasteiger charge is -2.14. The smallest absolute Gasteiger partial charge is 0.0782 e. The molecule has 0 radical (unpaired) electrons. The first-order valence-corrected chi connectivity index (χ1v) is 7.15. The summed E-state index contributed by atoms with van der Waals surface area (Å²) in [5.41, 5.74) is 1.95. The predicted octanol–water partition coefficient (Wildman–Crippen LogP) is 1.20. The van der Waals surface area contributed by atoms with E-state index in [1.54, 1.807) is 18.6 Å². The van der Waals surface area contributed by atoms with E-state index in [1.165, 1.54) is 0 Å². The van der Waals surface area contributed by atoms with E-state index in [4.69, 9.17) is 0 Å². The van der Waals surface area contributed by atoms with Gasteiger partial charge >= 0.3 is 0 Å². The van der Waals surface area contributed by atoms with Crippen molar-refractivity contribution in [2.75, 3.05) is 18.6 Å². The first-order chi connectivity index (χ1) is 7.61. The molecule has 0 aromatic carbocycles. The minimum atomic E-state index is -0.697. The van der Waals surface area contributed by atoms with E-state index >= 15 is 0 Å². The van der Waals surface area contributed by atoms with Crippen LogP contribution in [0.15, 0.2) is 12.4 Å². The summed E-state index contributed by atoms with van der Waals surface area (Å²) in [6.45, 7) is 4.89. The fourth-order valence-electron chi connectivity index (χ4n) is 1.53. The lowest BCUT2D eigenvalue weighted by Crippen LogP contribution is -2.23. The Morgan fingerprint density at radius 2 is 2.12 bits per heavy atom. The normalized spacial score (nSPS) is 14.7. The molecule has 0 spiro atoms. The molecule has 1 aromatic rings. The van der Waals surface area contributed by atoms with Crippen LogP contribution in [0.1, 0.15) is 30.8 Å². The Balaban J connectivity index is 2.38. The number of hydrogen-bond donors (Lipinski definition) is 1. The summed E-state index contributed by atoms with van der Waals surface area (Å²) in [5, 5.41) is 3.36. The molecule has 1 heterocycles. The zero-order chi connectivity index (χ0) is 12.0. The highest BCUT2D eigenvalue weighted by atomic mass is 32.2. The quantitative estimate of drug-likeness (QED) is 0.761. The Bertz CT molecular complexity index is 357. The average molecular weight is 241 g/mol. The highest BCUT2D eigenvalue weighted by molar-refractivity contribution is 7.84. The van der Waals surface area contributed by atoms with E-state index in [1.807, 2.05) is 6.92 Å². The Labute approximate surface area is 99.3 Å². The number of nitrogens with one attached hydrogen (secondary N) is 1. The molecule has 5 heteroatoms. The van der Waals surface area contributed by atoms with E-state index in [0.29, 0.717) is 0 Å². The minimum absolute atomic E-state index is 0.194. The second-order valence-corrected chi connectivity index (χ2v) is 5.39. The molecule has 0 aliphatic heterocycles. The fraction of sp³-hybridized carbons (Fsp3) is 0.636. The Kier molecular flexibility index (Phi) is 5.55. The van der Waals surface area contributed by atoms with E-state index in [0.717, 1.165) is 30.1 Å². The van der Waals surface area contributed by atoms with Gasteiger partial charge in [-0.1, -0.05) is 0 Å². The van der Waals surface area contributed by atoms with Gasteiger partial charge in [-0.25, -0.2) is 0 Å². The first-order valence-electron chi connectivity index (χ1n) is 5.42. The molecule has 16 heavy (non-hydrogen) atoms. The lowest BCUT2D eigenvalue weighted by atomic mass is 10.2. The van der Waals surface area contributed by atoms with Crippen molar-refractivity contribution in [3.63, 3.8) is 0 Å². The van der Waals surface area contributed by atoms with Gasteiger partial charge in [0, 0.05) is 41.2 Å². The summed E-state index contributed by atoms with van der Waals surface area (Å²) in [7, 11) is -0.697. The zero-order valence-corrected chi connectivity index (χ0v) is 10.9. The van der Waals surface area contributed by atoms with Crippen molar-refractivity contribution in [1.82, 2.24) is 15.3 Å². The van der Waals surface area contributed by atoms with E-state index in [-0.39, 0.29) is 6.04 Å².